The van der Waals surface area contributed by atoms with Gasteiger partial charge in [0, 0.05) is 6.42 Å². The molecule has 4 nitrogen and oxygen atoms in total. The number of carbonyl (C=O) groups is 1. The lowest BCUT2D eigenvalue weighted by Crippen LogP contribution is -2.45. The molecule has 0 saturated heterocycles. The van der Waals surface area contributed by atoms with Crippen LogP contribution in [0.25, 0.3) is 0 Å². The van der Waals surface area contributed by atoms with E-state index >= 15 is 0 Å². The number of nitrogens with one attached hydrogen (secondary N) is 1. The maximum Gasteiger partial charge on any atom is 0.220 e. The predicted molar refractivity (Wildman–Crippen MR) is 318 cm³/mol. The molecule has 0 aliphatic carbocycles. The number of aliphatic hydroxyl groups excluding tert-OH is 2. The van der Waals surface area contributed by atoms with Gasteiger partial charge in [-0.15, -0.1) is 0 Å². The molecule has 4 heteroatoms. The molecule has 418 valence electrons. The average Bonchev–Trinajstić information content (AvgIpc) is 3.37. The second-order valence-corrected chi connectivity index (χ2v) is 22.2. The summed E-state index contributed by atoms with van der Waals surface area (Å²) in [4.78, 5) is 12.5. The molecule has 0 saturated carbocycles. The number of allylic oxidation sites excluding steroid dienone is 7. The SMILES string of the molecule is CCCCCCC/C=C\C/C=C\C/C=C\CCCCCCCCCCCCCCCCCCCCC(=O)NC(CO)C(O)/C=C/CCCCCCCCCCCCCCCCCCCCCCCCCC. The molecule has 0 bridgehead atoms. The van der Waals surface area contributed by atoms with Gasteiger partial charge in [0.25, 0.3) is 0 Å². The standard InChI is InChI=1S/C67H127NO3/c1-3-5-7-9-11-13-15-17-19-21-23-25-27-29-31-32-33-34-35-36-37-39-41-43-45-47-49-51-53-55-57-59-61-63-67(71)68-65(64-69)66(70)62-60-58-56-54-52-50-48-46-44-42-40-38-30-28-26-24-22-20-18-16-14-12-10-8-6-4-2/h15,17,21,23,27,29,60,62,65-66,69-70H,3-14,16,18-20,22,24-26,28,30-59,61,63-64H2,1-2H3,(H,68,71)/b17-15-,23-21-,29-27-,62-60+. The Morgan fingerprint density at radius 1 is 0.338 bits per heavy atom. The van der Waals surface area contributed by atoms with Crippen LogP contribution in [0.4, 0.5) is 0 Å². The molecule has 0 heterocycles. The summed E-state index contributed by atoms with van der Waals surface area (Å²) < 4.78 is 0. The third kappa shape index (κ3) is 59.1. The van der Waals surface area contributed by atoms with Crippen LogP contribution >= 0.6 is 0 Å². The van der Waals surface area contributed by atoms with E-state index in [0.29, 0.717) is 6.42 Å². The molecule has 1 amide bonds. The lowest BCUT2D eigenvalue weighted by atomic mass is 10.0. The fourth-order valence-electron chi connectivity index (χ4n) is 10.1. The Labute approximate surface area is 445 Å². The molecule has 0 spiro atoms. The van der Waals surface area contributed by atoms with Crippen molar-refractivity contribution >= 4 is 5.91 Å². The minimum Gasteiger partial charge on any atom is -0.394 e. The first kappa shape index (κ1) is 69.3. The highest BCUT2D eigenvalue weighted by Gasteiger charge is 2.18. The molecular weight excluding hydrogens is 867 g/mol. The summed E-state index contributed by atoms with van der Waals surface area (Å²) in [5.41, 5.74) is 0. The van der Waals surface area contributed by atoms with Crippen molar-refractivity contribution < 1.29 is 15.0 Å². The highest BCUT2D eigenvalue weighted by molar-refractivity contribution is 5.76. The molecule has 0 aliphatic rings. The zero-order valence-corrected chi connectivity index (χ0v) is 48.3. The molecule has 0 aliphatic heterocycles. The smallest absolute Gasteiger partial charge is 0.220 e. The number of amides is 1. The van der Waals surface area contributed by atoms with Gasteiger partial charge in [-0.25, -0.2) is 0 Å². The Morgan fingerprint density at radius 2 is 0.577 bits per heavy atom. The Morgan fingerprint density at radius 3 is 0.859 bits per heavy atom. The van der Waals surface area contributed by atoms with Crippen molar-refractivity contribution in [1.82, 2.24) is 5.32 Å². The van der Waals surface area contributed by atoms with Gasteiger partial charge in [-0.3, -0.25) is 4.79 Å². The Hall–Kier alpha value is -1.65. The van der Waals surface area contributed by atoms with Gasteiger partial charge in [-0.05, 0) is 57.8 Å². The number of hydrogen-bond donors (Lipinski definition) is 3. The van der Waals surface area contributed by atoms with E-state index in [1.807, 2.05) is 6.08 Å². The lowest BCUT2D eigenvalue weighted by molar-refractivity contribution is -0.123. The van der Waals surface area contributed by atoms with Gasteiger partial charge in [-0.2, -0.15) is 0 Å². The van der Waals surface area contributed by atoms with Crippen LogP contribution in [0.3, 0.4) is 0 Å². The van der Waals surface area contributed by atoms with Crippen molar-refractivity contribution in [2.75, 3.05) is 6.61 Å². The minimum atomic E-state index is -0.840. The third-order valence-electron chi connectivity index (χ3n) is 15.1. The maximum atomic E-state index is 12.5. The van der Waals surface area contributed by atoms with E-state index < -0.39 is 12.1 Å². The predicted octanol–water partition coefficient (Wildman–Crippen LogP) is 21.8. The normalized spacial score (nSPS) is 13.0. The van der Waals surface area contributed by atoms with Crippen molar-refractivity contribution in [3.05, 3.63) is 48.6 Å². The average molecular weight is 995 g/mol. The Kier molecular flexibility index (Phi) is 61.2. The van der Waals surface area contributed by atoms with Crippen molar-refractivity contribution in [3.8, 4) is 0 Å². The summed E-state index contributed by atoms with van der Waals surface area (Å²) in [5.74, 6) is -0.0582. The van der Waals surface area contributed by atoms with Crippen LogP contribution in [-0.4, -0.2) is 34.9 Å². The molecular formula is C67H127NO3. The van der Waals surface area contributed by atoms with Crippen molar-refractivity contribution in [2.24, 2.45) is 0 Å². The maximum absolute atomic E-state index is 12.5. The Bertz CT molecular complexity index is 1130. The van der Waals surface area contributed by atoms with Crippen LogP contribution in [0.2, 0.25) is 0 Å². The molecule has 0 fully saturated rings. The van der Waals surface area contributed by atoms with E-state index in [0.717, 1.165) is 38.5 Å². The molecule has 3 N–H and O–H groups in total. The fourth-order valence-corrected chi connectivity index (χ4v) is 10.1. The van der Waals surface area contributed by atoms with Crippen molar-refractivity contribution in [2.45, 2.75) is 366 Å². The van der Waals surface area contributed by atoms with Crippen molar-refractivity contribution in [1.29, 1.82) is 0 Å². The Balaban J connectivity index is 3.45. The molecule has 0 radical (unpaired) electrons. The molecule has 0 aromatic heterocycles. The van der Waals surface area contributed by atoms with E-state index in [9.17, 15) is 15.0 Å². The van der Waals surface area contributed by atoms with E-state index in [1.165, 1.54) is 295 Å². The first-order chi connectivity index (χ1) is 35.2. The number of aliphatic hydroxyl groups is 2. The van der Waals surface area contributed by atoms with Gasteiger partial charge in [0.05, 0.1) is 18.8 Å². The molecule has 0 rings (SSSR count). The van der Waals surface area contributed by atoms with Gasteiger partial charge >= 0.3 is 0 Å². The number of hydrogen-bond acceptors (Lipinski definition) is 3. The van der Waals surface area contributed by atoms with E-state index in [-0.39, 0.29) is 12.5 Å². The van der Waals surface area contributed by atoms with Gasteiger partial charge in [0.15, 0.2) is 0 Å². The van der Waals surface area contributed by atoms with Gasteiger partial charge in [0.1, 0.15) is 0 Å². The summed E-state index contributed by atoms with van der Waals surface area (Å²) in [7, 11) is 0. The monoisotopic (exact) mass is 994 g/mol. The van der Waals surface area contributed by atoms with Crippen LogP contribution < -0.4 is 5.32 Å². The van der Waals surface area contributed by atoms with Crippen LogP contribution in [0.5, 0.6) is 0 Å². The first-order valence-corrected chi connectivity index (χ1v) is 32.4. The minimum absolute atomic E-state index is 0.0582. The van der Waals surface area contributed by atoms with E-state index in [2.05, 4.69) is 55.6 Å². The van der Waals surface area contributed by atoms with Gasteiger partial charge in [0.2, 0.25) is 5.91 Å². The van der Waals surface area contributed by atoms with Gasteiger partial charge in [-0.1, -0.05) is 339 Å². The molecule has 0 aromatic rings. The van der Waals surface area contributed by atoms with Crippen LogP contribution in [0, 0.1) is 0 Å². The van der Waals surface area contributed by atoms with E-state index in [4.69, 9.17) is 0 Å². The second kappa shape index (κ2) is 62.6. The highest BCUT2D eigenvalue weighted by atomic mass is 16.3. The summed E-state index contributed by atoms with van der Waals surface area (Å²) in [6.45, 7) is 4.33. The quantitative estimate of drug-likeness (QED) is 0.0420. The number of unbranched alkanes of at least 4 members (excludes halogenated alkanes) is 47. The summed E-state index contributed by atoms with van der Waals surface area (Å²) >= 11 is 0. The first-order valence-electron chi connectivity index (χ1n) is 32.4. The fraction of sp³-hybridized carbons (Fsp3) is 0.866. The summed E-state index contributed by atoms with van der Waals surface area (Å²) in [6.07, 6.45) is 87.4. The summed E-state index contributed by atoms with van der Waals surface area (Å²) in [5, 5.41) is 23.3. The second-order valence-electron chi connectivity index (χ2n) is 22.2. The number of carbonyl (C=O) groups excluding carboxylic acids is 1. The number of rotatable bonds is 60. The topological polar surface area (TPSA) is 69.6 Å². The highest BCUT2D eigenvalue weighted by Crippen LogP contribution is 2.18. The molecule has 0 aromatic carbocycles. The molecule has 2 atom stereocenters. The molecule has 2 unspecified atom stereocenters. The van der Waals surface area contributed by atoms with Crippen LogP contribution in [-0.2, 0) is 4.79 Å². The van der Waals surface area contributed by atoms with Crippen LogP contribution in [0.15, 0.2) is 48.6 Å². The van der Waals surface area contributed by atoms with Crippen LogP contribution in [0.1, 0.15) is 354 Å². The zero-order chi connectivity index (χ0) is 51.3. The van der Waals surface area contributed by atoms with Gasteiger partial charge < -0.3 is 15.5 Å². The van der Waals surface area contributed by atoms with Crippen molar-refractivity contribution in [3.63, 3.8) is 0 Å². The molecule has 71 heavy (non-hydrogen) atoms. The lowest BCUT2D eigenvalue weighted by Gasteiger charge is -2.20. The van der Waals surface area contributed by atoms with E-state index in [1.54, 1.807) is 6.08 Å². The zero-order valence-electron chi connectivity index (χ0n) is 48.3. The summed E-state index contributed by atoms with van der Waals surface area (Å²) in [6, 6.07) is -0.623. The third-order valence-corrected chi connectivity index (χ3v) is 15.1. The largest absolute Gasteiger partial charge is 0.394 e.